The molecule has 0 aliphatic heterocycles. The molecule has 1 aliphatic carbocycles. The number of hydrogen-bond donors (Lipinski definition) is 0. The van der Waals surface area contributed by atoms with Gasteiger partial charge in [-0.3, -0.25) is 0 Å². The van der Waals surface area contributed by atoms with Gasteiger partial charge >= 0.3 is 0 Å². The van der Waals surface area contributed by atoms with Crippen LogP contribution in [0.2, 0.25) is 0 Å². The summed E-state index contributed by atoms with van der Waals surface area (Å²) in [5.41, 5.74) is 10.5. The fraction of sp³-hybridized carbons (Fsp3) is 0.556. The topological polar surface area (TPSA) is 3.24 Å². The Morgan fingerprint density at radius 3 is 1.79 bits per heavy atom. The van der Waals surface area contributed by atoms with E-state index in [-0.39, 0.29) is 16.2 Å². The van der Waals surface area contributed by atoms with Gasteiger partial charge in [-0.2, -0.15) is 0 Å². The Hall–Kier alpha value is -1.76. The van der Waals surface area contributed by atoms with Gasteiger partial charge in [-0.05, 0) is 82.9 Å². The van der Waals surface area contributed by atoms with E-state index in [4.69, 9.17) is 0 Å². The number of nitrogens with zero attached hydrogens (tertiary/aromatic N) is 1. The van der Waals surface area contributed by atoms with Gasteiger partial charge in [-0.25, -0.2) is 0 Å². The van der Waals surface area contributed by atoms with Crippen molar-refractivity contribution < 1.29 is 0 Å². The maximum Gasteiger partial charge on any atom is 0.0467 e. The summed E-state index contributed by atoms with van der Waals surface area (Å²) in [6, 6.07) is 11.9. The van der Waals surface area contributed by atoms with Crippen LogP contribution in [-0.2, 0) is 16.2 Å². The average Bonchev–Trinajstić information content (AvgIpc) is 2.57. The van der Waals surface area contributed by atoms with Crippen LogP contribution in [0.5, 0.6) is 0 Å². The van der Waals surface area contributed by atoms with Crippen LogP contribution in [0, 0.1) is 13.8 Å². The van der Waals surface area contributed by atoms with Gasteiger partial charge in [0.1, 0.15) is 0 Å². The molecular formula is C27H39N. The fourth-order valence-corrected chi connectivity index (χ4v) is 4.83. The fourth-order valence-electron chi connectivity index (χ4n) is 4.83. The van der Waals surface area contributed by atoms with Gasteiger partial charge in [-0.15, -0.1) is 0 Å². The Morgan fingerprint density at radius 2 is 1.29 bits per heavy atom. The lowest BCUT2D eigenvalue weighted by Crippen LogP contribution is -2.34. The molecular weight excluding hydrogens is 338 g/mol. The van der Waals surface area contributed by atoms with Gasteiger partial charge in [-0.1, -0.05) is 66.7 Å². The van der Waals surface area contributed by atoms with Crippen molar-refractivity contribution in [1.29, 1.82) is 0 Å². The third kappa shape index (κ3) is 3.61. The van der Waals surface area contributed by atoms with Crippen LogP contribution in [-0.4, -0.2) is 7.05 Å². The summed E-state index contributed by atoms with van der Waals surface area (Å²) in [4.78, 5) is 2.38. The summed E-state index contributed by atoms with van der Waals surface area (Å²) in [5.74, 6) is 0. The van der Waals surface area contributed by atoms with Crippen molar-refractivity contribution >= 4 is 11.4 Å². The molecule has 0 saturated carbocycles. The summed E-state index contributed by atoms with van der Waals surface area (Å²) >= 11 is 0. The zero-order valence-electron chi connectivity index (χ0n) is 19.7. The first-order chi connectivity index (χ1) is 12.7. The van der Waals surface area contributed by atoms with E-state index in [0.717, 1.165) is 0 Å². The minimum absolute atomic E-state index is 0.175. The van der Waals surface area contributed by atoms with Crippen LogP contribution in [0.25, 0.3) is 0 Å². The molecule has 28 heavy (non-hydrogen) atoms. The van der Waals surface area contributed by atoms with Crippen molar-refractivity contribution in [3.63, 3.8) is 0 Å². The first kappa shape index (κ1) is 21.0. The first-order valence-corrected chi connectivity index (χ1v) is 10.7. The standard InChI is InChI=1S/C27H39N/c1-18-15-20(25(3,4)5)16-19(2)24(18)28(10)21-11-12-22-23(17-21)27(8,9)14-13-26(22,6)7/h11-12,15-17H,13-14H2,1-10H3. The van der Waals surface area contributed by atoms with Gasteiger partial charge in [0.25, 0.3) is 0 Å². The molecule has 0 N–H and O–H groups in total. The van der Waals surface area contributed by atoms with E-state index in [1.54, 1.807) is 0 Å². The number of anilines is 2. The average molecular weight is 378 g/mol. The van der Waals surface area contributed by atoms with E-state index >= 15 is 0 Å². The van der Waals surface area contributed by atoms with Crippen LogP contribution in [0.3, 0.4) is 0 Å². The molecule has 3 rings (SSSR count). The Labute approximate surface area is 173 Å². The minimum atomic E-state index is 0.175. The molecule has 0 atom stereocenters. The maximum atomic E-state index is 2.45. The minimum Gasteiger partial charge on any atom is -0.344 e. The Balaban J connectivity index is 2.09. The lowest BCUT2D eigenvalue weighted by atomic mass is 9.63. The predicted molar refractivity (Wildman–Crippen MR) is 124 cm³/mol. The van der Waals surface area contributed by atoms with Gasteiger partial charge in [0, 0.05) is 18.4 Å². The molecule has 0 bridgehead atoms. The van der Waals surface area contributed by atoms with Crippen molar-refractivity contribution in [2.45, 2.75) is 91.4 Å². The molecule has 0 unspecified atom stereocenters. The monoisotopic (exact) mass is 377 g/mol. The van der Waals surface area contributed by atoms with Gasteiger partial charge < -0.3 is 4.90 Å². The molecule has 1 heteroatoms. The highest BCUT2D eigenvalue weighted by atomic mass is 15.1. The zero-order chi connectivity index (χ0) is 21.1. The van der Waals surface area contributed by atoms with E-state index in [9.17, 15) is 0 Å². The number of fused-ring (bicyclic) bond motifs is 1. The van der Waals surface area contributed by atoms with Crippen LogP contribution in [0.15, 0.2) is 30.3 Å². The number of aryl methyl sites for hydroxylation is 2. The molecule has 0 amide bonds. The summed E-state index contributed by atoms with van der Waals surface area (Å²) in [7, 11) is 2.22. The lowest BCUT2D eigenvalue weighted by molar-refractivity contribution is 0.332. The van der Waals surface area contributed by atoms with Crippen molar-refractivity contribution in [1.82, 2.24) is 0 Å². The first-order valence-electron chi connectivity index (χ1n) is 10.7. The largest absolute Gasteiger partial charge is 0.344 e. The molecule has 0 heterocycles. The Kier molecular flexibility index (Phi) is 4.97. The van der Waals surface area contributed by atoms with Crippen LogP contribution < -0.4 is 4.90 Å². The van der Waals surface area contributed by atoms with Gasteiger partial charge in [0.15, 0.2) is 0 Å². The van der Waals surface area contributed by atoms with E-state index in [1.165, 1.54) is 52.0 Å². The second kappa shape index (κ2) is 6.65. The third-order valence-corrected chi connectivity index (χ3v) is 6.92. The molecule has 0 aromatic heterocycles. The summed E-state index contributed by atoms with van der Waals surface area (Å²) in [6.07, 6.45) is 2.51. The van der Waals surface area contributed by atoms with Crippen LogP contribution in [0.4, 0.5) is 11.4 Å². The molecule has 0 fully saturated rings. The zero-order valence-corrected chi connectivity index (χ0v) is 19.7. The van der Waals surface area contributed by atoms with Crippen molar-refractivity contribution in [3.8, 4) is 0 Å². The smallest absolute Gasteiger partial charge is 0.0467 e. The SMILES string of the molecule is Cc1cc(C(C)(C)C)cc(C)c1N(C)c1ccc2c(c1)C(C)(C)CCC2(C)C. The Bertz CT molecular complexity index is 870. The maximum absolute atomic E-state index is 2.45. The third-order valence-electron chi connectivity index (χ3n) is 6.92. The molecule has 2 aromatic rings. The molecule has 152 valence electrons. The van der Waals surface area contributed by atoms with Crippen molar-refractivity contribution in [3.05, 3.63) is 58.1 Å². The van der Waals surface area contributed by atoms with E-state index in [1.807, 2.05) is 0 Å². The van der Waals surface area contributed by atoms with Gasteiger partial charge in [0.05, 0.1) is 0 Å². The number of hydrogen-bond acceptors (Lipinski definition) is 1. The molecule has 1 aliphatic rings. The van der Waals surface area contributed by atoms with Crippen molar-refractivity contribution in [2.75, 3.05) is 11.9 Å². The summed E-state index contributed by atoms with van der Waals surface area (Å²) < 4.78 is 0. The lowest BCUT2D eigenvalue weighted by Gasteiger charge is -2.42. The highest BCUT2D eigenvalue weighted by Gasteiger charge is 2.37. The number of rotatable bonds is 2. The molecule has 0 saturated heterocycles. The molecule has 0 radical (unpaired) electrons. The molecule has 2 aromatic carbocycles. The second-order valence-corrected chi connectivity index (χ2v) is 11.3. The second-order valence-electron chi connectivity index (χ2n) is 11.3. The van der Waals surface area contributed by atoms with E-state index in [2.05, 4.69) is 105 Å². The molecule has 0 spiro atoms. The number of benzene rings is 2. The highest BCUT2D eigenvalue weighted by Crippen LogP contribution is 2.47. The van der Waals surface area contributed by atoms with E-state index < -0.39 is 0 Å². The summed E-state index contributed by atoms with van der Waals surface area (Å²) in [6.45, 7) is 21.0. The summed E-state index contributed by atoms with van der Waals surface area (Å²) in [5, 5.41) is 0. The highest BCUT2D eigenvalue weighted by molar-refractivity contribution is 5.71. The van der Waals surface area contributed by atoms with Crippen molar-refractivity contribution in [2.24, 2.45) is 0 Å². The van der Waals surface area contributed by atoms with E-state index in [0.29, 0.717) is 0 Å². The van der Waals surface area contributed by atoms with Gasteiger partial charge in [0.2, 0.25) is 0 Å². The predicted octanol–water partition coefficient (Wildman–Crippen LogP) is 7.72. The molecule has 1 nitrogen and oxygen atoms in total. The normalized spacial score (nSPS) is 17.9. The van der Waals surface area contributed by atoms with Crippen LogP contribution >= 0.6 is 0 Å². The Morgan fingerprint density at radius 1 is 0.786 bits per heavy atom. The quantitative estimate of drug-likeness (QED) is 0.518. The van der Waals surface area contributed by atoms with Crippen LogP contribution in [0.1, 0.15) is 89.1 Å².